The lowest BCUT2D eigenvalue weighted by atomic mass is 10.2. The molecule has 0 amide bonds. The van der Waals surface area contributed by atoms with E-state index >= 15 is 0 Å². The average molecular weight is 857 g/mol. The summed E-state index contributed by atoms with van der Waals surface area (Å²) in [5, 5.41) is 28.1. The molecule has 0 bridgehead atoms. The van der Waals surface area contributed by atoms with E-state index in [1.807, 2.05) is 67.7 Å². The van der Waals surface area contributed by atoms with Crippen LogP contribution in [0.15, 0.2) is 134 Å². The molecule has 0 aromatic rings. The number of allylic oxidation sites excluding steroid dienone is 20. The summed E-state index contributed by atoms with van der Waals surface area (Å²) in [5.74, 6) is -1.13. The van der Waals surface area contributed by atoms with E-state index in [-0.39, 0.29) is 12.8 Å². The van der Waals surface area contributed by atoms with Crippen molar-refractivity contribution in [1.29, 1.82) is 0 Å². The molecule has 2 unspecified atom stereocenters. The molecule has 0 aliphatic heterocycles. The fourth-order valence-electron chi connectivity index (χ4n) is 4.66. The molecule has 0 fully saturated rings. The normalized spacial score (nSPS) is 15.6. The standard InChI is InChI=1S/C48H73O11P/c1-3-5-7-8-9-10-11-12-13-14-15-16-17-18-23-26-29-32-35-39-48(53)59-46(43-58-60(54,55)57-41-45(51)40-49)42-56-47(52)38-34-31-28-25-22-20-19-21-24-27-30-33-37-44(50)36-6-4-2/h5-7,9-10,12-13,15-16,18-20,23-25,27-30,32-33,36,44-46,49-51H,3-4,8,11,14,17,21-22,26,31,34-35,37-43H2,1-2H3,(H,54,55)/b7-5-,10-9-,13-12-,16-15-,20-19-,23-18-,27-24-,28-25-,32-29-,33-30+,36-6-/t44?,45-,46+/m0/s1. The maximum Gasteiger partial charge on any atom is 0.472 e. The summed E-state index contributed by atoms with van der Waals surface area (Å²) in [5.41, 5.74) is 0. The number of hydrogen-bond acceptors (Lipinski definition) is 10. The van der Waals surface area contributed by atoms with Gasteiger partial charge in [0, 0.05) is 12.8 Å². The lowest BCUT2D eigenvalue weighted by molar-refractivity contribution is -0.161. The van der Waals surface area contributed by atoms with Crippen LogP contribution in [0.1, 0.15) is 110 Å². The maximum absolute atomic E-state index is 12.6. The highest BCUT2D eigenvalue weighted by atomic mass is 31.2. The van der Waals surface area contributed by atoms with Gasteiger partial charge < -0.3 is 29.7 Å². The Balaban J connectivity index is 4.59. The highest BCUT2D eigenvalue weighted by Gasteiger charge is 2.27. The fourth-order valence-corrected chi connectivity index (χ4v) is 5.45. The summed E-state index contributed by atoms with van der Waals surface area (Å²) in [6.07, 6.45) is 52.1. The molecule has 0 aromatic carbocycles. The zero-order valence-corrected chi connectivity index (χ0v) is 36.9. The number of phosphoric ester groups is 1. The molecule has 4 atom stereocenters. The molecule has 0 heterocycles. The lowest BCUT2D eigenvalue weighted by Crippen LogP contribution is -2.29. The van der Waals surface area contributed by atoms with Crippen molar-refractivity contribution in [2.45, 2.75) is 128 Å². The minimum Gasteiger partial charge on any atom is -0.462 e. The predicted octanol–water partition coefficient (Wildman–Crippen LogP) is 10.3. The molecule has 0 aliphatic carbocycles. The van der Waals surface area contributed by atoms with Crippen molar-refractivity contribution in [2.75, 3.05) is 26.4 Å². The quantitative estimate of drug-likeness (QED) is 0.0154. The molecule has 0 saturated carbocycles. The Morgan fingerprint density at radius 1 is 0.567 bits per heavy atom. The zero-order chi connectivity index (χ0) is 44.2. The molecular weight excluding hydrogens is 783 g/mol. The molecule has 0 rings (SSSR count). The lowest BCUT2D eigenvalue weighted by Gasteiger charge is -2.20. The van der Waals surface area contributed by atoms with E-state index in [2.05, 4.69) is 78.3 Å². The second kappa shape index (κ2) is 41.8. The topological polar surface area (TPSA) is 169 Å². The number of ether oxygens (including phenoxy) is 2. The van der Waals surface area contributed by atoms with Crippen LogP contribution in [0.4, 0.5) is 0 Å². The van der Waals surface area contributed by atoms with Gasteiger partial charge in [-0.25, -0.2) is 4.57 Å². The second-order valence-corrected chi connectivity index (χ2v) is 14.9. The summed E-state index contributed by atoms with van der Waals surface area (Å²) in [6.45, 7) is 1.82. The number of aliphatic hydroxyl groups is 3. The van der Waals surface area contributed by atoms with Gasteiger partial charge in [0.05, 0.1) is 25.9 Å². The van der Waals surface area contributed by atoms with Gasteiger partial charge in [0.1, 0.15) is 12.7 Å². The van der Waals surface area contributed by atoms with Crippen LogP contribution in [0.5, 0.6) is 0 Å². The van der Waals surface area contributed by atoms with E-state index < -0.39 is 64.5 Å². The summed E-state index contributed by atoms with van der Waals surface area (Å²) >= 11 is 0. The number of unbranched alkanes of at least 4 members (excludes halogenated alkanes) is 1. The minimum absolute atomic E-state index is 0.0291. The third-order valence-corrected chi connectivity index (χ3v) is 8.84. The Morgan fingerprint density at radius 2 is 1.05 bits per heavy atom. The molecule has 0 aromatic heterocycles. The van der Waals surface area contributed by atoms with Gasteiger partial charge in [-0.1, -0.05) is 148 Å². The maximum atomic E-state index is 12.6. The molecule has 0 saturated heterocycles. The van der Waals surface area contributed by atoms with Crippen molar-refractivity contribution >= 4 is 19.8 Å². The van der Waals surface area contributed by atoms with Crippen LogP contribution in [0.3, 0.4) is 0 Å². The molecule has 12 heteroatoms. The van der Waals surface area contributed by atoms with Crippen molar-refractivity contribution in [2.24, 2.45) is 0 Å². The first kappa shape index (κ1) is 56.1. The van der Waals surface area contributed by atoms with Crippen LogP contribution >= 0.6 is 7.82 Å². The highest BCUT2D eigenvalue weighted by molar-refractivity contribution is 7.47. The number of phosphoric acid groups is 1. The molecule has 0 aliphatic rings. The number of esters is 2. The second-order valence-electron chi connectivity index (χ2n) is 13.4. The van der Waals surface area contributed by atoms with Crippen molar-refractivity contribution in [3.63, 3.8) is 0 Å². The Labute approximate surface area is 360 Å². The van der Waals surface area contributed by atoms with Gasteiger partial charge in [-0.2, -0.15) is 0 Å². The van der Waals surface area contributed by atoms with Crippen molar-refractivity contribution in [3.05, 3.63) is 134 Å². The van der Waals surface area contributed by atoms with E-state index in [9.17, 15) is 29.3 Å². The third-order valence-electron chi connectivity index (χ3n) is 7.89. The van der Waals surface area contributed by atoms with Gasteiger partial charge in [0.2, 0.25) is 0 Å². The molecule has 0 radical (unpaired) electrons. The van der Waals surface area contributed by atoms with Crippen LogP contribution in [-0.2, 0) is 32.7 Å². The van der Waals surface area contributed by atoms with Crippen LogP contribution in [-0.4, -0.2) is 76.9 Å². The predicted molar refractivity (Wildman–Crippen MR) is 243 cm³/mol. The number of carbonyl (C=O) groups excluding carboxylic acids is 2. The van der Waals surface area contributed by atoms with Crippen molar-refractivity contribution in [3.8, 4) is 0 Å². The highest BCUT2D eigenvalue weighted by Crippen LogP contribution is 2.43. The van der Waals surface area contributed by atoms with Crippen molar-refractivity contribution < 1.29 is 52.9 Å². The number of hydrogen-bond donors (Lipinski definition) is 4. The largest absolute Gasteiger partial charge is 0.472 e. The first-order chi connectivity index (χ1) is 29.1. The number of carbonyl (C=O) groups is 2. The van der Waals surface area contributed by atoms with Gasteiger partial charge in [0.25, 0.3) is 0 Å². The Kier molecular flexibility index (Phi) is 39.1. The van der Waals surface area contributed by atoms with Gasteiger partial charge in [-0.05, 0) is 83.5 Å². The van der Waals surface area contributed by atoms with Crippen LogP contribution in [0, 0.1) is 0 Å². The van der Waals surface area contributed by atoms with Gasteiger partial charge >= 0.3 is 19.8 Å². The Bertz CT molecular complexity index is 1470. The van der Waals surface area contributed by atoms with E-state index in [1.54, 1.807) is 6.08 Å². The average Bonchev–Trinajstić information content (AvgIpc) is 3.23. The SMILES string of the molecule is CC/C=C\C/C=C\C/C=C\C/C=C\C/C=C\C/C=C\CCC(=O)O[C@H](COC(=O)CCC/C=C\C/C=C\C/C=C\C=C\CC(O)/C=C\CC)COP(=O)(O)OC[C@@H](O)CO. The number of aliphatic hydroxyl groups excluding tert-OH is 3. The van der Waals surface area contributed by atoms with E-state index in [4.69, 9.17) is 19.1 Å². The van der Waals surface area contributed by atoms with Crippen molar-refractivity contribution in [1.82, 2.24) is 0 Å². The molecule has 4 N–H and O–H groups in total. The zero-order valence-electron chi connectivity index (χ0n) is 36.0. The Morgan fingerprint density at radius 3 is 1.60 bits per heavy atom. The smallest absolute Gasteiger partial charge is 0.462 e. The van der Waals surface area contributed by atoms with Crippen LogP contribution in [0.2, 0.25) is 0 Å². The van der Waals surface area contributed by atoms with E-state index in [1.165, 1.54) is 0 Å². The van der Waals surface area contributed by atoms with Crippen LogP contribution < -0.4 is 0 Å². The molecule has 11 nitrogen and oxygen atoms in total. The summed E-state index contributed by atoms with van der Waals surface area (Å²) in [6, 6.07) is 0. The minimum atomic E-state index is -4.67. The third kappa shape index (κ3) is 40.8. The van der Waals surface area contributed by atoms with E-state index in [0.29, 0.717) is 32.1 Å². The molecular formula is C48H73O11P. The summed E-state index contributed by atoms with van der Waals surface area (Å²) in [7, 11) is -4.67. The first-order valence-electron chi connectivity index (χ1n) is 21.3. The van der Waals surface area contributed by atoms with Gasteiger partial charge in [0.15, 0.2) is 6.10 Å². The van der Waals surface area contributed by atoms with Gasteiger partial charge in [-0.3, -0.25) is 18.6 Å². The molecule has 336 valence electrons. The monoisotopic (exact) mass is 856 g/mol. The number of rotatable bonds is 37. The molecule has 0 spiro atoms. The van der Waals surface area contributed by atoms with Gasteiger partial charge in [-0.15, -0.1) is 0 Å². The first-order valence-corrected chi connectivity index (χ1v) is 22.7. The fraction of sp³-hybridized carbons (Fsp3) is 0.500. The summed E-state index contributed by atoms with van der Waals surface area (Å²) < 4.78 is 32.5. The molecule has 60 heavy (non-hydrogen) atoms. The summed E-state index contributed by atoms with van der Waals surface area (Å²) in [4.78, 5) is 34.9. The Hall–Kier alpha value is -3.93. The van der Waals surface area contributed by atoms with Crippen LogP contribution in [0.25, 0.3) is 0 Å². The van der Waals surface area contributed by atoms with E-state index in [0.717, 1.165) is 51.4 Å².